The Bertz CT molecular complexity index is 427. The molecule has 0 radical (unpaired) electrons. The van der Waals surface area contributed by atoms with Crippen LogP contribution in [0.25, 0.3) is 4.98 Å². The summed E-state index contributed by atoms with van der Waals surface area (Å²) < 4.78 is 0. The maximum absolute atomic E-state index is 8.90. The molecule has 1 N–H and O–H groups in total. The minimum Gasteiger partial charge on any atom is -0.376 e. The number of alkyl halides is 1. The van der Waals surface area contributed by atoms with Gasteiger partial charge in [0.15, 0.2) is 4.98 Å². The van der Waals surface area contributed by atoms with Gasteiger partial charge in [0.05, 0.1) is 0 Å². The largest absolute Gasteiger partial charge is 0.407 e. The molecule has 1 fully saturated rings. The van der Waals surface area contributed by atoms with Crippen molar-refractivity contribution in [1.82, 2.24) is 0 Å². The van der Waals surface area contributed by atoms with E-state index in [-0.39, 0.29) is 5.38 Å². The van der Waals surface area contributed by atoms with E-state index >= 15 is 0 Å². The summed E-state index contributed by atoms with van der Waals surface area (Å²) in [5.41, 5.74) is 1.45. The van der Waals surface area contributed by atoms with Gasteiger partial charge in [-0.3, -0.25) is 0 Å². The van der Waals surface area contributed by atoms with E-state index in [4.69, 9.17) is 17.0 Å². The lowest BCUT2D eigenvalue weighted by atomic mass is 9.87. The van der Waals surface area contributed by atoms with Crippen LogP contribution in [0.5, 0.6) is 0 Å². The number of benzene rings is 1. The number of nitrogens with one attached hydrogen (secondary N) is 1. The van der Waals surface area contributed by atoms with E-state index in [2.05, 4.69) is 17.2 Å². The Labute approximate surface area is 107 Å². The first kappa shape index (κ1) is 12.2. The van der Waals surface area contributed by atoms with Gasteiger partial charge in [0.25, 0.3) is 0 Å². The highest BCUT2D eigenvalue weighted by Gasteiger charge is 2.27. The highest BCUT2D eigenvalue weighted by Crippen LogP contribution is 2.32. The van der Waals surface area contributed by atoms with E-state index in [0.29, 0.717) is 17.6 Å². The predicted molar refractivity (Wildman–Crippen MR) is 71.3 cm³/mol. The van der Waals surface area contributed by atoms with Crippen molar-refractivity contribution in [3.8, 4) is 0 Å². The highest BCUT2D eigenvalue weighted by atomic mass is 35.5. The second-order valence-electron chi connectivity index (χ2n) is 4.76. The topological polar surface area (TPSA) is 40.2 Å². The van der Waals surface area contributed by atoms with Crippen molar-refractivity contribution in [2.75, 3.05) is 5.32 Å². The minimum absolute atomic E-state index is 0.236. The Kier molecular flexibility index (Phi) is 3.86. The van der Waals surface area contributed by atoms with E-state index in [1.54, 1.807) is 6.07 Å². The average Bonchev–Trinajstić information content (AvgIpc) is 2.34. The van der Waals surface area contributed by atoms with Gasteiger partial charge >= 0.3 is 5.69 Å². The lowest BCUT2D eigenvalue weighted by Gasteiger charge is -2.31. The molecule has 17 heavy (non-hydrogen) atoms. The number of diazo groups is 1. The van der Waals surface area contributed by atoms with Crippen LogP contribution in [0.4, 0.5) is 11.4 Å². The first-order valence-electron chi connectivity index (χ1n) is 6.05. The molecule has 0 amide bonds. The van der Waals surface area contributed by atoms with Gasteiger partial charge in [0, 0.05) is 17.5 Å². The summed E-state index contributed by atoms with van der Waals surface area (Å²) in [5, 5.41) is 12.5. The van der Waals surface area contributed by atoms with Crippen molar-refractivity contribution in [2.24, 2.45) is 5.92 Å². The summed E-state index contributed by atoms with van der Waals surface area (Å²) in [7, 11) is 0. The molecular weight excluding hydrogens is 234 g/mol. The Hall–Kier alpha value is -1.27. The van der Waals surface area contributed by atoms with Gasteiger partial charge in [-0.25, -0.2) is 0 Å². The summed E-state index contributed by atoms with van der Waals surface area (Å²) in [6, 6.07) is 7.87. The average molecular weight is 251 g/mol. The van der Waals surface area contributed by atoms with Crippen LogP contribution in [0.15, 0.2) is 24.3 Å². The Morgan fingerprint density at radius 2 is 2.12 bits per heavy atom. The summed E-state index contributed by atoms with van der Waals surface area (Å²) in [6.07, 6.45) is 3.22. The lowest BCUT2D eigenvalue weighted by molar-refractivity contribution is 0.368. The summed E-state index contributed by atoms with van der Waals surface area (Å²) >= 11 is 6.29. The summed E-state index contributed by atoms with van der Waals surface area (Å²) in [6.45, 7) is 2.20. The molecule has 2 rings (SSSR count). The van der Waals surface area contributed by atoms with E-state index < -0.39 is 0 Å². The van der Waals surface area contributed by atoms with E-state index in [0.717, 1.165) is 24.9 Å². The van der Waals surface area contributed by atoms with Crippen molar-refractivity contribution in [2.45, 2.75) is 37.6 Å². The highest BCUT2D eigenvalue weighted by molar-refractivity contribution is 6.20. The molecule has 3 atom stereocenters. The number of halogens is 1. The zero-order chi connectivity index (χ0) is 12.3. The zero-order valence-corrected chi connectivity index (χ0v) is 10.7. The maximum atomic E-state index is 8.90. The standard InChI is InChI=1S/C13H17ClN3/c1-9-6-7-10(8-11(9)14)16-12-4-2-3-5-13(12)17-15/h2-5,9-11,16H,6-8H2,1H3/q+1. The molecule has 90 valence electrons. The van der Waals surface area contributed by atoms with E-state index in [9.17, 15) is 0 Å². The van der Waals surface area contributed by atoms with Crippen LogP contribution in [0, 0.1) is 11.3 Å². The Balaban J connectivity index is 2.04. The molecule has 1 saturated carbocycles. The van der Waals surface area contributed by atoms with Crippen LogP contribution in [0.2, 0.25) is 0 Å². The quantitative estimate of drug-likeness (QED) is 0.625. The number of rotatable bonds is 2. The Morgan fingerprint density at radius 3 is 2.82 bits per heavy atom. The summed E-state index contributed by atoms with van der Waals surface area (Å²) in [4.78, 5) is 3.27. The molecule has 0 bridgehead atoms. The molecule has 4 heteroatoms. The summed E-state index contributed by atoms with van der Waals surface area (Å²) in [5.74, 6) is 0.590. The first-order valence-corrected chi connectivity index (χ1v) is 6.49. The third-order valence-electron chi connectivity index (χ3n) is 3.47. The number of anilines is 1. The smallest absolute Gasteiger partial charge is 0.376 e. The van der Waals surface area contributed by atoms with Crippen LogP contribution in [-0.2, 0) is 0 Å². The van der Waals surface area contributed by atoms with Crippen LogP contribution in [-0.4, -0.2) is 11.4 Å². The van der Waals surface area contributed by atoms with Gasteiger partial charge in [-0.05, 0) is 31.2 Å². The van der Waals surface area contributed by atoms with Gasteiger partial charge < -0.3 is 5.32 Å². The molecule has 3 unspecified atom stereocenters. The van der Waals surface area contributed by atoms with Crippen molar-refractivity contribution in [1.29, 1.82) is 5.39 Å². The van der Waals surface area contributed by atoms with E-state index in [1.165, 1.54) is 0 Å². The van der Waals surface area contributed by atoms with Crippen molar-refractivity contribution in [3.05, 3.63) is 29.2 Å². The fourth-order valence-corrected chi connectivity index (χ4v) is 2.64. The van der Waals surface area contributed by atoms with E-state index in [1.807, 2.05) is 18.2 Å². The first-order chi connectivity index (χ1) is 8.20. The second-order valence-corrected chi connectivity index (χ2v) is 5.33. The van der Waals surface area contributed by atoms with Crippen molar-refractivity contribution in [3.63, 3.8) is 0 Å². The third-order valence-corrected chi connectivity index (χ3v) is 4.08. The Morgan fingerprint density at radius 1 is 1.35 bits per heavy atom. The minimum atomic E-state index is 0.236. The van der Waals surface area contributed by atoms with Crippen molar-refractivity contribution >= 4 is 23.0 Å². The van der Waals surface area contributed by atoms with Gasteiger partial charge in [0.1, 0.15) is 5.69 Å². The molecule has 0 heterocycles. The fourth-order valence-electron chi connectivity index (χ4n) is 2.30. The zero-order valence-electron chi connectivity index (χ0n) is 9.94. The third kappa shape index (κ3) is 2.89. The van der Waals surface area contributed by atoms with Crippen LogP contribution >= 0.6 is 11.6 Å². The van der Waals surface area contributed by atoms with Crippen molar-refractivity contribution < 1.29 is 0 Å². The van der Waals surface area contributed by atoms with Crippen LogP contribution in [0.1, 0.15) is 26.2 Å². The SMILES string of the molecule is CC1CCC(Nc2ccccc2[N+]#N)CC1Cl. The van der Waals surface area contributed by atoms with Crippen LogP contribution < -0.4 is 5.32 Å². The molecule has 1 aromatic rings. The monoisotopic (exact) mass is 250 g/mol. The molecule has 0 aliphatic heterocycles. The molecule has 1 aliphatic rings. The molecule has 1 aromatic carbocycles. The molecule has 0 spiro atoms. The maximum Gasteiger partial charge on any atom is 0.407 e. The number of hydrogen-bond acceptors (Lipinski definition) is 2. The van der Waals surface area contributed by atoms with Gasteiger partial charge in [0.2, 0.25) is 5.39 Å². The normalized spacial score (nSPS) is 28.4. The van der Waals surface area contributed by atoms with Gasteiger partial charge in [-0.2, -0.15) is 0 Å². The molecular formula is C13H17ClN3+. The lowest BCUT2D eigenvalue weighted by Crippen LogP contribution is -2.32. The fraction of sp³-hybridized carbons (Fsp3) is 0.538. The van der Waals surface area contributed by atoms with Gasteiger partial charge in [-0.15, -0.1) is 11.6 Å². The molecule has 3 nitrogen and oxygen atoms in total. The number of nitrogens with zero attached hydrogens (tertiary/aromatic N) is 2. The number of hydrogen-bond donors (Lipinski definition) is 1. The predicted octanol–water partition coefficient (Wildman–Crippen LogP) is 4.38. The molecule has 1 aliphatic carbocycles. The second kappa shape index (κ2) is 5.37. The molecule has 0 saturated heterocycles. The molecule has 0 aromatic heterocycles. The van der Waals surface area contributed by atoms with Crippen LogP contribution in [0.3, 0.4) is 0 Å². The van der Waals surface area contributed by atoms with Gasteiger partial charge in [-0.1, -0.05) is 19.1 Å². The number of para-hydroxylation sites is 1.